The van der Waals surface area contributed by atoms with Gasteiger partial charge in [-0.1, -0.05) is 0 Å². The van der Waals surface area contributed by atoms with Gasteiger partial charge in [0.25, 0.3) is 0 Å². The topological polar surface area (TPSA) is 76.8 Å². The number of methoxy groups -OCH3 is 2. The first kappa shape index (κ1) is 14.9. The molecule has 0 radical (unpaired) electrons. The monoisotopic (exact) mass is 267 g/mol. The minimum Gasteiger partial charge on any atom is -0.493 e. The van der Waals surface area contributed by atoms with E-state index in [-0.39, 0.29) is 11.9 Å². The predicted octanol–water partition coefficient (Wildman–Crippen LogP) is 1.17. The Bertz CT molecular complexity index is 461. The summed E-state index contributed by atoms with van der Waals surface area (Å²) in [6.07, 6.45) is 0. The van der Waals surface area contributed by atoms with Gasteiger partial charge in [-0.25, -0.2) is 0 Å². The largest absolute Gasteiger partial charge is 0.493 e. The van der Waals surface area contributed by atoms with Gasteiger partial charge < -0.3 is 25.4 Å². The van der Waals surface area contributed by atoms with Gasteiger partial charge in [-0.15, -0.1) is 0 Å². The Kier molecular flexibility index (Phi) is 4.86. The number of likely N-dealkylation sites (N-methyl/N-ethyl adjacent to an activating group) is 1. The van der Waals surface area contributed by atoms with Gasteiger partial charge in [-0.3, -0.25) is 4.79 Å². The Morgan fingerprint density at radius 1 is 1.26 bits per heavy atom. The summed E-state index contributed by atoms with van der Waals surface area (Å²) in [5.74, 6) is 1.08. The zero-order valence-corrected chi connectivity index (χ0v) is 12.0. The third-order valence-corrected chi connectivity index (χ3v) is 2.74. The van der Waals surface area contributed by atoms with Crippen molar-refractivity contribution >= 4 is 17.3 Å². The van der Waals surface area contributed by atoms with Gasteiger partial charge in [0.15, 0.2) is 11.5 Å². The van der Waals surface area contributed by atoms with Crippen LogP contribution in [0, 0.1) is 0 Å². The average molecular weight is 267 g/mol. The zero-order valence-electron chi connectivity index (χ0n) is 12.0. The van der Waals surface area contributed by atoms with Gasteiger partial charge in [0.1, 0.15) is 6.04 Å². The number of nitrogens with two attached hydrogens (primary N) is 1. The highest BCUT2D eigenvalue weighted by Gasteiger charge is 2.17. The molecule has 0 heterocycles. The number of rotatable bonds is 5. The highest BCUT2D eigenvalue weighted by molar-refractivity contribution is 5.85. The molecule has 0 aliphatic heterocycles. The molecule has 106 valence electrons. The molecular weight excluding hydrogens is 246 g/mol. The second-order valence-electron chi connectivity index (χ2n) is 4.39. The van der Waals surface area contributed by atoms with E-state index in [1.54, 1.807) is 47.4 Å². The number of carbonyl (C=O) groups excluding carboxylic acids is 1. The van der Waals surface area contributed by atoms with E-state index in [2.05, 4.69) is 5.32 Å². The summed E-state index contributed by atoms with van der Waals surface area (Å²) in [5.41, 5.74) is 7.06. The summed E-state index contributed by atoms with van der Waals surface area (Å²) in [4.78, 5) is 13.3. The second kappa shape index (κ2) is 6.17. The highest BCUT2D eigenvalue weighted by Crippen LogP contribution is 2.35. The van der Waals surface area contributed by atoms with Crippen LogP contribution < -0.4 is 20.5 Å². The molecule has 0 fully saturated rings. The molecule has 19 heavy (non-hydrogen) atoms. The Morgan fingerprint density at radius 2 is 1.79 bits per heavy atom. The van der Waals surface area contributed by atoms with Crippen LogP contribution in [-0.4, -0.2) is 45.2 Å². The van der Waals surface area contributed by atoms with Crippen molar-refractivity contribution in [1.29, 1.82) is 0 Å². The molecule has 1 unspecified atom stereocenters. The molecule has 6 heteroatoms. The summed E-state index contributed by atoms with van der Waals surface area (Å²) in [6, 6.07) is 3.00. The summed E-state index contributed by atoms with van der Waals surface area (Å²) >= 11 is 0. The van der Waals surface area contributed by atoms with E-state index in [0.29, 0.717) is 22.9 Å². The maximum absolute atomic E-state index is 11.8. The van der Waals surface area contributed by atoms with Gasteiger partial charge in [-0.2, -0.15) is 0 Å². The van der Waals surface area contributed by atoms with Crippen LogP contribution in [0.3, 0.4) is 0 Å². The first-order chi connectivity index (χ1) is 8.90. The van der Waals surface area contributed by atoms with Crippen molar-refractivity contribution in [2.24, 2.45) is 0 Å². The molecule has 1 atom stereocenters. The first-order valence-corrected chi connectivity index (χ1v) is 5.89. The number of carbonyl (C=O) groups is 1. The number of nitrogens with zero attached hydrogens (tertiary/aromatic N) is 1. The van der Waals surface area contributed by atoms with Crippen LogP contribution in [0.4, 0.5) is 11.4 Å². The zero-order chi connectivity index (χ0) is 14.6. The van der Waals surface area contributed by atoms with E-state index in [1.165, 1.54) is 4.90 Å². The summed E-state index contributed by atoms with van der Waals surface area (Å²) in [6.45, 7) is 1.78. The van der Waals surface area contributed by atoms with Gasteiger partial charge in [0.05, 0.1) is 25.6 Å². The van der Waals surface area contributed by atoms with E-state index in [4.69, 9.17) is 15.2 Å². The molecular formula is C13H21N3O3. The van der Waals surface area contributed by atoms with Gasteiger partial charge >= 0.3 is 0 Å². The molecule has 1 aromatic carbocycles. The van der Waals surface area contributed by atoms with Crippen molar-refractivity contribution in [3.63, 3.8) is 0 Å². The van der Waals surface area contributed by atoms with Crippen LogP contribution in [0.2, 0.25) is 0 Å². The number of benzene rings is 1. The van der Waals surface area contributed by atoms with Crippen molar-refractivity contribution in [2.75, 3.05) is 39.4 Å². The number of amides is 1. The number of nitrogen functional groups attached to an aromatic ring is 1. The number of hydrogen-bond acceptors (Lipinski definition) is 5. The van der Waals surface area contributed by atoms with Crippen molar-refractivity contribution in [3.8, 4) is 11.5 Å². The lowest BCUT2D eigenvalue weighted by Gasteiger charge is -2.21. The maximum Gasteiger partial charge on any atom is 0.244 e. The number of ether oxygens (including phenoxy) is 2. The summed E-state index contributed by atoms with van der Waals surface area (Å²) in [5, 5.41) is 3.07. The number of anilines is 2. The number of nitrogens with one attached hydrogen (secondary N) is 1. The van der Waals surface area contributed by atoms with E-state index >= 15 is 0 Å². The SMILES string of the molecule is COc1cc(N)c(NC(C)C(=O)N(C)C)cc1OC. The molecule has 1 aromatic rings. The minimum absolute atomic E-state index is 0.0332. The van der Waals surface area contributed by atoms with Crippen molar-refractivity contribution in [3.05, 3.63) is 12.1 Å². The third kappa shape index (κ3) is 3.43. The molecule has 0 bridgehead atoms. The molecule has 6 nitrogen and oxygen atoms in total. The quantitative estimate of drug-likeness (QED) is 0.783. The molecule has 3 N–H and O–H groups in total. The molecule has 0 spiro atoms. The Morgan fingerprint density at radius 3 is 2.26 bits per heavy atom. The van der Waals surface area contributed by atoms with Crippen molar-refractivity contribution in [2.45, 2.75) is 13.0 Å². The molecule has 1 rings (SSSR count). The van der Waals surface area contributed by atoms with Crippen LogP contribution in [0.1, 0.15) is 6.92 Å². The summed E-state index contributed by atoms with van der Waals surface area (Å²) in [7, 11) is 6.51. The Balaban J connectivity index is 2.98. The fourth-order valence-electron chi connectivity index (χ4n) is 1.70. The highest BCUT2D eigenvalue weighted by atomic mass is 16.5. The van der Waals surface area contributed by atoms with E-state index in [1.807, 2.05) is 0 Å². The molecule has 0 aromatic heterocycles. The molecule has 0 saturated heterocycles. The van der Waals surface area contributed by atoms with Crippen LogP contribution in [0.5, 0.6) is 11.5 Å². The second-order valence-corrected chi connectivity index (χ2v) is 4.39. The minimum atomic E-state index is -0.379. The molecule has 0 aliphatic carbocycles. The van der Waals surface area contributed by atoms with E-state index in [0.717, 1.165) is 0 Å². The first-order valence-electron chi connectivity index (χ1n) is 5.89. The lowest BCUT2D eigenvalue weighted by Crippen LogP contribution is -2.36. The normalized spacial score (nSPS) is 11.6. The molecule has 0 aliphatic rings. The van der Waals surface area contributed by atoms with Crippen molar-refractivity contribution in [1.82, 2.24) is 4.90 Å². The van der Waals surface area contributed by atoms with Crippen LogP contribution in [0.15, 0.2) is 12.1 Å². The van der Waals surface area contributed by atoms with Gasteiger partial charge in [0, 0.05) is 26.2 Å². The van der Waals surface area contributed by atoms with Crippen molar-refractivity contribution < 1.29 is 14.3 Å². The van der Waals surface area contributed by atoms with Crippen LogP contribution >= 0.6 is 0 Å². The van der Waals surface area contributed by atoms with Gasteiger partial charge in [-0.05, 0) is 6.92 Å². The van der Waals surface area contributed by atoms with Crippen LogP contribution in [0.25, 0.3) is 0 Å². The van der Waals surface area contributed by atoms with Crippen LogP contribution in [-0.2, 0) is 4.79 Å². The summed E-state index contributed by atoms with van der Waals surface area (Å²) < 4.78 is 10.4. The maximum atomic E-state index is 11.8. The third-order valence-electron chi connectivity index (χ3n) is 2.74. The average Bonchev–Trinajstić information content (AvgIpc) is 2.39. The fourth-order valence-corrected chi connectivity index (χ4v) is 1.70. The predicted molar refractivity (Wildman–Crippen MR) is 75.7 cm³/mol. The fraction of sp³-hybridized carbons (Fsp3) is 0.462. The lowest BCUT2D eigenvalue weighted by molar-refractivity contribution is -0.129. The van der Waals surface area contributed by atoms with E-state index < -0.39 is 0 Å². The van der Waals surface area contributed by atoms with E-state index in [9.17, 15) is 4.79 Å². The lowest BCUT2D eigenvalue weighted by atomic mass is 10.2. The number of hydrogen-bond donors (Lipinski definition) is 2. The standard InChI is InChI=1S/C13H21N3O3/c1-8(13(17)16(2)3)15-10-7-12(19-5)11(18-4)6-9(10)14/h6-8,15H,14H2,1-5H3. The smallest absolute Gasteiger partial charge is 0.244 e. The Labute approximate surface area is 113 Å². The molecule has 1 amide bonds. The van der Waals surface area contributed by atoms with Gasteiger partial charge in [0.2, 0.25) is 5.91 Å². The molecule has 0 saturated carbocycles. The Hall–Kier alpha value is -2.11.